The van der Waals surface area contributed by atoms with E-state index >= 15 is 8.78 Å². The summed E-state index contributed by atoms with van der Waals surface area (Å²) in [5, 5.41) is 17.3. The summed E-state index contributed by atoms with van der Waals surface area (Å²) >= 11 is 0. The standard InChI is InChI=1S/C43H51F2N6O8P/c1-6-56-36-34-35(47-40(48-36)49-43(29-16-10-7-11-17-29,30-18-12-8-13-19-30)31-22-24-32(55-4)25-23-31)51(27-46-34)39-41(3,44)38(53)42(45,59-39)26-57-60(5,54)50-28(2)37(52)58-33-20-14-9-15-21-33/h7-8,10-13,16-19,22-25,27-28,33,38-39,53H,6,9,14-15,20-21,26H2,1-5H3,(H,50,54)(H,47,48,49)/t28-,38-,39+,41+,42+,60?/m0/s1. The number of esters is 1. The van der Waals surface area contributed by atoms with Gasteiger partial charge in [0.05, 0.1) is 20.0 Å². The minimum Gasteiger partial charge on any atom is -0.497 e. The molecule has 2 fully saturated rings. The fraction of sp³-hybridized carbons (Fsp3) is 0.442. The van der Waals surface area contributed by atoms with Crippen LogP contribution in [0.2, 0.25) is 0 Å². The first-order valence-corrected chi connectivity index (χ1v) is 22.1. The van der Waals surface area contributed by atoms with Crippen molar-refractivity contribution in [2.75, 3.05) is 32.3 Å². The maximum Gasteiger partial charge on any atom is 0.323 e. The predicted octanol–water partition coefficient (Wildman–Crippen LogP) is 7.61. The van der Waals surface area contributed by atoms with E-state index in [4.69, 9.17) is 33.4 Å². The Bertz CT molecular complexity index is 2260. The van der Waals surface area contributed by atoms with E-state index in [1.54, 1.807) is 14.0 Å². The number of carbonyl (C=O) groups excluding carboxylic acids is 1. The lowest BCUT2D eigenvalue weighted by molar-refractivity contribution is -0.202. The molecule has 6 atom stereocenters. The van der Waals surface area contributed by atoms with E-state index in [0.717, 1.165) is 67.0 Å². The fourth-order valence-electron chi connectivity index (χ4n) is 7.92. The number of fused-ring (bicyclic) bond motifs is 1. The summed E-state index contributed by atoms with van der Waals surface area (Å²) in [6.07, 6.45) is 1.16. The Morgan fingerprint density at radius 1 is 1.00 bits per heavy atom. The van der Waals surface area contributed by atoms with Gasteiger partial charge in [-0.1, -0.05) is 79.2 Å². The van der Waals surface area contributed by atoms with Crippen LogP contribution in [0.15, 0.2) is 91.3 Å². The second kappa shape index (κ2) is 17.5. The van der Waals surface area contributed by atoms with Crippen LogP contribution in [0.1, 0.15) is 75.8 Å². The molecule has 60 heavy (non-hydrogen) atoms. The van der Waals surface area contributed by atoms with Gasteiger partial charge in [0.25, 0.3) is 13.4 Å². The lowest BCUT2D eigenvalue weighted by atomic mass is 9.77. The number of aromatic nitrogens is 4. The molecular formula is C43H51F2N6O8P. The van der Waals surface area contributed by atoms with Crippen LogP contribution in [0, 0.1) is 0 Å². The first-order valence-electron chi connectivity index (χ1n) is 20.1. The molecule has 0 amide bonds. The SMILES string of the molecule is CCOc1nc(NC(c2ccccc2)(c2ccccc2)c2ccc(OC)cc2)nc2c1ncn2[C@@H]1O[C@](F)(COP(C)(=O)N[C@@H](C)C(=O)OC2CCCCC2)[C@@H](O)[C@@]1(C)F. The van der Waals surface area contributed by atoms with E-state index in [1.165, 1.54) is 13.3 Å². The zero-order valence-corrected chi connectivity index (χ0v) is 35.1. The number of anilines is 1. The van der Waals surface area contributed by atoms with Gasteiger partial charge < -0.3 is 33.9 Å². The van der Waals surface area contributed by atoms with E-state index in [1.807, 2.05) is 84.9 Å². The number of halogens is 2. The van der Waals surface area contributed by atoms with Crippen LogP contribution < -0.4 is 19.9 Å². The molecule has 5 aromatic rings. The van der Waals surface area contributed by atoms with Gasteiger partial charge in [-0.2, -0.15) is 9.97 Å². The molecule has 1 saturated carbocycles. The minimum atomic E-state index is -3.94. The molecule has 320 valence electrons. The summed E-state index contributed by atoms with van der Waals surface area (Å²) in [5.41, 5.74) is -1.35. The Hall–Kier alpha value is -4.99. The molecule has 1 aliphatic carbocycles. The van der Waals surface area contributed by atoms with Gasteiger partial charge in [-0.05, 0) is 75.3 Å². The summed E-state index contributed by atoms with van der Waals surface area (Å²) in [7, 11) is -2.35. The molecule has 17 heteroatoms. The molecule has 2 aliphatic rings. The molecule has 2 aromatic heterocycles. The molecule has 3 aromatic carbocycles. The van der Waals surface area contributed by atoms with Crippen LogP contribution in [0.3, 0.4) is 0 Å². The monoisotopic (exact) mass is 848 g/mol. The van der Waals surface area contributed by atoms with E-state index in [9.17, 15) is 14.5 Å². The third-order valence-corrected chi connectivity index (χ3v) is 12.5. The van der Waals surface area contributed by atoms with Gasteiger partial charge in [0, 0.05) is 6.66 Å². The summed E-state index contributed by atoms with van der Waals surface area (Å²) in [6, 6.07) is 25.9. The molecule has 1 unspecified atom stereocenters. The number of aliphatic hydroxyl groups excluding tert-OH is 1. The number of hydrogen-bond donors (Lipinski definition) is 3. The second-order valence-electron chi connectivity index (χ2n) is 15.4. The zero-order chi connectivity index (χ0) is 42.7. The van der Waals surface area contributed by atoms with Crippen molar-refractivity contribution in [1.82, 2.24) is 24.6 Å². The number of nitrogens with zero attached hydrogens (tertiary/aromatic N) is 4. The van der Waals surface area contributed by atoms with Crippen LogP contribution in [-0.4, -0.2) is 87.4 Å². The van der Waals surface area contributed by atoms with Gasteiger partial charge in [-0.25, -0.2) is 18.9 Å². The van der Waals surface area contributed by atoms with Crippen molar-refractivity contribution < 1.29 is 46.7 Å². The molecule has 3 heterocycles. The number of rotatable bonds is 16. The molecule has 0 spiro atoms. The normalized spacial score (nSPS) is 23.8. The lowest BCUT2D eigenvalue weighted by Crippen LogP contribution is -2.47. The summed E-state index contributed by atoms with van der Waals surface area (Å²) in [6.45, 7) is 4.39. The van der Waals surface area contributed by atoms with Crippen molar-refractivity contribution in [3.63, 3.8) is 0 Å². The Morgan fingerprint density at radius 3 is 2.22 bits per heavy atom. The predicted molar refractivity (Wildman–Crippen MR) is 220 cm³/mol. The molecule has 1 saturated heterocycles. The third kappa shape index (κ3) is 8.62. The van der Waals surface area contributed by atoms with Crippen molar-refractivity contribution in [1.29, 1.82) is 0 Å². The number of carbonyl (C=O) groups is 1. The average Bonchev–Trinajstić information content (AvgIpc) is 3.75. The number of aliphatic hydroxyl groups is 1. The van der Waals surface area contributed by atoms with Crippen LogP contribution in [0.25, 0.3) is 11.2 Å². The number of ether oxygens (including phenoxy) is 4. The first-order chi connectivity index (χ1) is 28.7. The Morgan fingerprint density at radius 2 is 1.62 bits per heavy atom. The molecule has 7 rings (SSSR count). The van der Waals surface area contributed by atoms with Crippen LogP contribution in [-0.2, 0) is 28.9 Å². The Labute approximate surface area is 347 Å². The number of alkyl halides is 2. The summed E-state index contributed by atoms with van der Waals surface area (Å²) in [4.78, 5) is 26.7. The Balaban J connectivity index is 1.21. The van der Waals surface area contributed by atoms with Gasteiger partial charge in [0.15, 0.2) is 29.2 Å². The minimum absolute atomic E-state index is 0.0000746. The fourth-order valence-corrected chi connectivity index (χ4v) is 9.23. The van der Waals surface area contributed by atoms with Crippen molar-refractivity contribution in [2.45, 2.75) is 94.4 Å². The van der Waals surface area contributed by atoms with Crippen molar-refractivity contribution >= 4 is 30.6 Å². The van der Waals surface area contributed by atoms with E-state index in [-0.39, 0.29) is 35.7 Å². The highest BCUT2D eigenvalue weighted by Gasteiger charge is 2.65. The van der Waals surface area contributed by atoms with Gasteiger partial charge in [-0.15, -0.1) is 0 Å². The average molecular weight is 849 g/mol. The highest BCUT2D eigenvalue weighted by atomic mass is 31.2. The number of imidazole rings is 1. The van der Waals surface area contributed by atoms with Crippen molar-refractivity contribution in [2.24, 2.45) is 0 Å². The van der Waals surface area contributed by atoms with Crippen LogP contribution in [0.4, 0.5) is 14.7 Å². The molecular weight excluding hydrogens is 797 g/mol. The van der Waals surface area contributed by atoms with Gasteiger partial charge in [0.2, 0.25) is 11.8 Å². The van der Waals surface area contributed by atoms with Gasteiger partial charge in [-0.3, -0.25) is 13.9 Å². The highest BCUT2D eigenvalue weighted by molar-refractivity contribution is 7.56. The molecule has 14 nitrogen and oxygen atoms in total. The van der Waals surface area contributed by atoms with E-state index in [2.05, 4.69) is 15.4 Å². The number of methoxy groups -OCH3 is 1. The van der Waals surface area contributed by atoms with Crippen LogP contribution >= 0.6 is 7.52 Å². The second-order valence-corrected chi connectivity index (χ2v) is 17.6. The zero-order valence-electron chi connectivity index (χ0n) is 34.2. The summed E-state index contributed by atoms with van der Waals surface area (Å²) < 4.78 is 76.2. The van der Waals surface area contributed by atoms with Gasteiger partial charge >= 0.3 is 5.97 Å². The molecule has 0 radical (unpaired) electrons. The summed E-state index contributed by atoms with van der Waals surface area (Å²) in [5.74, 6) is -3.08. The number of hydrogen-bond acceptors (Lipinski definition) is 12. The quantitative estimate of drug-likeness (QED) is 0.0505. The first kappa shape index (κ1) is 43.1. The highest BCUT2D eigenvalue weighted by Crippen LogP contribution is 2.51. The largest absolute Gasteiger partial charge is 0.497 e. The Kier molecular flexibility index (Phi) is 12.6. The third-order valence-electron chi connectivity index (χ3n) is 11.0. The maximum absolute atomic E-state index is 16.8. The number of benzene rings is 3. The molecule has 1 aliphatic heterocycles. The van der Waals surface area contributed by atoms with Crippen molar-refractivity contribution in [3.8, 4) is 11.6 Å². The van der Waals surface area contributed by atoms with E-state index in [0.29, 0.717) is 5.75 Å². The smallest absolute Gasteiger partial charge is 0.323 e. The lowest BCUT2D eigenvalue weighted by Gasteiger charge is -2.37. The van der Waals surface area contributed by atoms with Crippen LogP contribution in [0.5, 0.6) is 11.6 Å². The maximum atomic E-state index is 16.8. The molecule has 3 N–H and O–H groups in total. The molecule has 0 bridgehead atoms. The topological polar surface area (TPSA) is 168 Å². The van der Waals surface area contributed by atoms with Gasteiger partial charge in [0.1, 0.15) is 30.0 Å². The number of nitrogens with one attached hydrogen (secondary N) is 2. The van der Waals surface area contributed by atoms with E-state index < -0.39 is 55.5 Å². The van der Waals surface area contributed by atoms with Crippen molar-refractivity contribution in [3.05, 3.63) is 108 Å².